The summed E-state index contributed by atoms with van der Waals surface area (Å²) in [5, 5.41) is 8.20. The molecule has 0 saturated carbocycles. The maximum atomic E-state index is 14.4. The van der Waals surface area contributed by atoms with Gasteiger partial charge in [0, 0.05) is 12.7 Å². The summed E-state index contributed by atoms with van der Waals surface area (Å²) >= 11 is 0. The zero-order chi connectivity index (χ0) is 15.7. The first-order valence-corrected chi connectivity index (χ1v) is 6.64. The van der Waals surface area contributed by atoms with Crippen LogP contribution in [-0.4, -0.2) is 26.6 Å². The lowest BCUT2D eigenvalue weighted by atomic mass is 10.2. The highest BCUT2D eigenvalue weighted by Crippen LogP contribution is 2.29. The van der Waals surface area contributed by atoms with Gasteiger partial charge in [-0.15, -0.1) is 10.2 Å². The first kappa shape index (κ1) is 13.9. The summed E-state index contributed by atoms with van der Waals surface area (Å²) in [6.07, 6.45) is 6.59. The third-order valence-electron chi connectivity index (χ3n) is 3.41. The van der Waals surface area contributed by atoms with Crippen LogP contribution in [-0.2, 0) is 0 Å². The van der Waals surface area contributed by atoms with Crippen molar-refractivity contribution >= 4 is 22.5 Å². The van der Waals surface area contributed by atoms with E-state index in [0.29, 0.717) is 22.5 Å². The van der Waals surface area contributed by atoms with E-state index in [9.17, 15) is 4.39 Å². The van der Waals surface area contributed by atoms with Crippen LogP contribution in [0, 0.1) is 5.82 Å². The van der Waals surface area contributed by atoms with Crippen LogP contribution in [0.15, 0.2) is 61.6 Å². The highest BCUT2D eigenvalue weighted by atomic mass is 19.1. The molecule has 6 heteroatoms. The van der Waals surface area contributed by atoms with E-state index < -0.39 is 0 Å². The van der Waals surface area contributed by atoms with Crippen molar-refractivity contribution in [1.29, 1.82) is 0 Å². The Kier molecular flexibility index (Phi) is 3.42. The minimum Gasteiger partial charge on any atom is -0.329 e. The molecule has 0 aliphatic rings. The van der Waals surface area contributed by atoms with Crippen molar-refractivity contribution in [1.82, 2.24) is 19.6 Å². The molecule has 0 saturated heterocycles. The van der Waals surface area contributed by atoms with Crippen LogP contribution < -0.4 is 4.90 Å². The Morgan fingerprint density at radius 2 is 2.18 bits per heavy atom. The molecule has 0 N–H and O–H groups in total. The molecule has 0 atom stereocenters. The molecule has 0 amide bonds. The fourth-order valence-corrected chi connectivity index (χ4v) is 2.36. The molecule has 0 aliphatic heterocycles. The van der Waals surface area contributed by atoms with Gasteiger partial charge in [0.2, 0.25) is 0 Å². The monoisotopic (exact) mass is 295 g/mol. The molecule has 0 radical (unpaired) electrons. The molecule has 0 fully saturated rings. The van der Waals surface area contributed by atoms with Gasteiger partial charge < -0.3 is 4.90 Å². The Morgan fingerprint density at radius 3 is 2.91 bits per heavy atom. The van der Waals surface area contributed by atoms with Crippen molar-refractivity contribution in [3.05, 3.63) is 67.4 Å². The SMILES string of the molecule is C=C/C=C(\C=C)N(C)c1nc2nncn2c2cccc(F)c12. The molecule has 5 nitrogen and oxygen atoms in total. The molecule has 2 aromatic heterocycles. The molecule has 1 aromatic carbocycles. The smallest absolute Gasteiger partial charge is 0.257 e. The van der Waals surface area contributed by atoms with Gasteiger partial charge in [-0.05, 0) is 24.3 Å². The Bertz CT molecular complexity index is 909. The summed E-state index contributed by atoms with van der Waals surface area (Å²) in [6, 6.07) is 4.86. The second-order valence-corrected chi connectivity index (χ2v) is 4.66. The topological polar surface area (TPSA) is 46.3 Å². The Labute approximate surface area is 126 Å². The zero-order valence-corrected chi connectivity index (χ0v) is 12.1. The molecule has 3 aromatic rings. The summed E-state index contributed by atoms with van der Waals surface area (Å²) < 4.78 is 16.1. The zero-order valence-electron chi connectivity index (χ0n) is 12.1. The van der Waals surface area contributed by atoms with Crippen molar-refractivity contribution in [2.75, 3.05) is 11.9 Å². The number of halogens is 1. The summed E-state index contributed by atoms with van der Waals surface area (Å²) in [4.78, 5) is 6.17. The standard InChI is InChI=1S/C16H14FN5/c1-4-7-11(5-2)21(3)15-14-12(17)8-6-9-13(14)22-10-18-20-16(22)19-15/h4-10H,1-2H2,3H3/b11-7+. The maximum absolute atomic E-state index is 14.4. The van der Waals surface area contributed by atoms with Gasteiger partial charge in [-0.2, -0.15) is 4.98 Å². The lowest BCUT2D eigenvalue weighted by Crippen LogP contribution is -2.18. The molecule has 2 heterocycles. The van der Waals surface area contributed by atoms with E-state index in [1.165, 1.54) is 12.4 Å². The molecular formula is C16H14FN5. The van der Waals surface area contributed by atoms with Gasteiger partial charge in [-0.1, -0.05) is 25.3 Å². The average molecular weight is 295 g/mol. The van der Waals surface area contributed by atoms with Gasteiger partial charge in [0.1, 0.15) is 18.0 Å². The van der Waals surface area contributed by atoms with Crippen molar-refractivity contribution in [3.63, 3.8) is 0 Å². The highest BCUT2D eigenvalue weighted by Gasteiger charge is 2.17. The van der Waals surface area contributed by atoms with E-state index in [0.717, 1.165) is 5.70 Å². The molecular weight excluding hydrogens is 281 g/mol. The van der Waals surface area contributed by atoms with Gasteiger partial charge in [-0.3, -0.25) is 4.40 Å². The second kappa shape index (κ2) is 5.40. The van der Waals surface area contributed by atoms with Gasteiger partial charge in [-0.25, -0.2) is 4.39 Å². The first-order chi connectivity index (χ1) is 10.7. The van der Waals surface area contributed by atoms with Gasteiger partial charge in [0.05, 0.1) is 10.9 Å². The Balaban J connectivity index is 2.38. The number of aromatic nitrogens is 4. The van der Waals surface area contributed by atoms with Crippen LogP contribution in [0.4, 0.5) is 10.2 Å². The summed E-state index contributed by atoms with van der Waals surface area (Å²) in [5.74, 6) is 0.494. The Hall–Kier alpha value is -3.02. The van der Waals surface area contributed by atoms with Crippen molar-refractivity contribution in [2.24, 2.45) is 0 Å². The van der Waals surface area contributed by atoms with Crippen LogP contribution in [0.3, 0.4) is 0 Å². The fourth-order valence-electron chi connectivity index (χ4n) is 2.36. The fraction of sp³-hybridized carbons (Fsp3) is 0.0625. The number of fused-ring (bicyclic) bond motifs is 3. The van der Waals surface area contributed by atoms with E-state index in [1.807, 2.05) is 0 Å². The van der Waals surface area contributed by atoms with E-state index >= 15 is 0 Å². The summed E-state index contributed by atoms with van der Waals surface area (Å²) in [5.41, 5.74) is 1.40. The number of hydrogen-bond donors (Lipinski definition) is 0. The second-order valence-electron chi connectivity index (χ2n) is 4.66. The molecule has 0 unspecified atom stereocenters. The number of likely N-dealkylation sites (N-methyl/N-ethyl adjacent to an activating group) is 1. The van der Waals surface area contributed by atoms with Crippen LogP contribution in [0.25, 0.3) is 16.7 Å². The molecule has 110 valence electrons. The van der Waals surface area contributed by atoms with Crippen LogP contribution in [0.5, 0.6) is 0 Å². The normalized spacial score (nSPS) is 11.8. The van der Waals surface area contributed by atoms with E-state index in [-0.39, 0.29) is 5.82 Å². The first-order valence-electron chi connectivity index (χ1n) is 6.64. The van der Waals surface area contributed by atoms with Crippen LogP contribution in [0.2, 0.25) is 0 Å². The quantitative estimate of drug-likeness (QED) is 0.694. The average Bonchev–Trinajstić information content (AvgIpc) is 3.00. The Morgan fingerprint density at radius 1 is 1.36 bits per heavy atom. The molecule has 3 rings (SSSR count). The predicted molar refractivity (Wildman–Crippen MR) is 85.1 cm³/mol. The van der Waals surface area contributed by atoms with Gasteiger partial charge >= 0.3 is 0 Å². The highest BCUT2D eigenvalue weighted by molar-refractivity contribution is 5.92. The predicted octanol–water partition coefficient (Wildman–Crippen LogP) is 3.11. The number of benzene rings is 1. The lowest BCUT2D eigenvalue weighted by molar-refractivity contribution is 0.639. The number of anilines is 1. The molecule has 22 heavy (non-hydrogen) atoms. The van der Waals surface area contributed by atoms with Crippen molar-refractivity contribution < 1.29 is 4.39 Å². The minimum absolute atomic E-state index is 0.357. The number of rotatable bonds is 4. The minimum atomic E-state index is -0.357. The third-order valence-corrected chi connectivity index (χ3v) is 3.41. The van der Waals surface area contributed by atoms with Gasteiger partial charge in [0.15, 0.2) is 0 Å². The third kappa shape index (κ3) is 2.05. The molecule has 0 bridgehead atoms. The number of hydrogen-bond acceptors (Lipinski definition) is 4. The lowest BCUT2D eigenvalue weighted by Gasteiger charge is -2.21. The number of nitrogens with zero attached hydrogens (tertiary/aromatic N) is 5. The molecule has 0 aliphatic carbocycles. The maximum Gasteiger partial charge on any atom is 0.257 e. The van der Waals surface area contributed by atoms with Crippen LogP contribution in [0.1, 0.15) is 0 Å². The van der Waals surface area contributed by atoms with Gasteiger partial charge in [0.25, 0.3) is 5.78 Å². The van der Waals surface area contributed by atoms with E-state index in [4.69, 9.17) is 0 Å². The summed E-state index contributed by atoms with van der Waals surface area (Å²) in [6.45, 7) is 7.44. The van der Waals surface area contributed by atoms with Crippen molar-refractivity contribution in [3.8, 4) is 0 Å². The van der Waals surface area contributed by atoms with Crippen LogP contribution >= 0.6 is 0 Å². The van der Waals surface area contributed by atoms with E-state index in [2.05, 4.69) is 28.3 Å². The summed E-state index contributed by atoms with van der Waals surface area (Å²) in [7, 11) is 1.79. The number of allylic oxidation sites excluding steroid dienone is 3. The van der Waals surface area contributed by atoms with Crippen molar-refractivity contribution in [2.45, 2.75) is 0 Å². The largest absolute Gasteiger partial charge is 0.329 e. The molecule has 0 spiro atoms. The van der Waals surface area contributed by atoms with E-state index in [1.54, 1.807) is 46.7 Å².